The number of carbonyl (C=O) groups excluding carboxylic acids is 4. The predicted octanol–water partition coefficient (Wildman–Crippen LogP) is 6.07. The van der Waals surface area contributed by atoms with Crippen molar-refractivity contribution in [3.8, 4) is 11.1 Å². The fourth-order valence-corrected chi connectivity index (χ4v) is 5.34. The summed E-state index contributed by atoms with van der Waals surface area (Å²) in [5.74, 6) is -1.35. The molecule has 4 amide bonds. The summed E-state index contributed by atoms with van der Waals surface area (Å²) < 4.78 is 0. The van der Waals surface area contributed by atoms with Gasteiger partial charge in [-0.3, -0.25) is 29.0 Å². The van der Waals surface area contributed by atoms with Crippen molar-refractivity contribution in [2.75, 3.05) is 0 Å². The van der Waals surface area contributed by atoms with E-state index >= 15 is 0 Å². The lowest BCUT2D eigenvalue weighted by Crippen LogP contribution is -2.32. The predicted molar refractivity (Wildman–Crippen MR) is 143 cm³/mol. The molecule has 6 heteroatoms. The number of carbonyl (C=O) groups is 4. The zero-order valence-electron chi connectivity index (χ0n) is 20.9. The monoisotopic (exact) mass is 500 g/mol. The van der Waals surface area contributed by atoms with Crippen molar-refractivity contribution in [1.82, 2.24) is 9.80 Å². The Balaban J connectivity index is 1.32. The second kappa shape index (κ2) is 8.92. The maximum absolute atomic E-state index is 13.3. The van der Waals surface area contributed by atoms with E-state index in [9.17, 15) is 19.2 Å². The molecule has 2 atom stereocenters. The van der Waals surface area contributed by atoms with Crippen molar-refractivity contribution < 1.29 is 19.2 Å². The van der Waals surface area contributed by atoms with E-state index in [1.807, 2.05) is 74.5 Å². The van der Waals surface area contributed by atoms with Crippen LogP contribution in [0.4, 0.5) is 0 Å². The van der Waals surface area contributed by atoms with E-state index in [0.717, 1.165) is 11.1 Å². The Hall–Kier alpha value is -4.84. The zero-order chi connectivity index (χ0) is 26.6. The molecule has 0 spiro atoms. The van der Waals surface area contributed by atoms with Crippen LogP contribution in [-0.4, -0.2) is 33.4 Å². The molecule has 2 heterocycles. The Kier molecular flexibility index (Phi) is 5.53. The van der Waals surface area contributed by atoms with E-state index in [1.165, 1.54) is 9.80 Å². The van der Waals surface area contributed by atoms with E-state index < -0.39 is 12.1 Å². The fourth-order valence-electron chi connectivity index (χ4n) is 5.34. The van der Waals surface area contributed by atoms with Crippen molar-refractivity contribution >= 4 is 23.6 Å². The largest absolute Gasteiger partial charge is 0.269 e. The van der Waals surface area contributed by atoms with E-state index in [-0.39, 0.29) is 23.6 Å². The lowest BCUT2D eigenvalue weighted by atomic mass is 9.97. The van der Waals surface area contributed by atoms with Crippen molar-refractivity contribution in [2.45, 2.75) is 25.9 Å². The normalized spacial score (nSPS) is 16.1. The van der Waals surface area contributed by atoms with Gasteiger partial charge in [0.25, 0.3) is 23.6 Å². The van der Waals surface area contributed by atoms with Crippen molar-refractivity contribution in [2.24, 2.45) is 0 Å². The first-order valence-corrected chi connectivity index (χ1v) is 12.5. The molecule has 4 aromatic rings. The van der Waals surface area contributed by atoms with Crippen molar-refractivity contribution in [1.29, 1.82) is 0 Å². The maximum atomic E-state index is 13.3. The summed E-state index contributed by atoms with van der Waals surface area (Å²) in [4.78, 5) is 55.5. The number of rotatable bonds is 5. The summed E-state index contributed by atoms with van der Waals surface area (Å²) in [7, 11) is 0. The van der Waals surface area contributed by atoms with Gasteiger partial charge in [-0.05, 0) is 60.4 Å². The molecular formula is C32H24N2O4. The Morgan fingerprint density at radius 2 is 0.789 bits per heavy atom. The second-order valence-electron chi connectivity index (χ2n) is 9.65. The summed E-state index contributed by atoms with van der Waals surface area (Å²) in [5, 5.41) is 0. The Bertz CT molecular complexity index is 1510. The molecule has 38 heavy (non-hydrogen) atoms. The van der Waals surface area contributed by atoms with Gasteiger partial charge in [0.05, 0.1) is 34.3 Å². The molecule has 2 aliphatic rings. The number of amides is 4. The number of hydrogen-bond acceptors (Lipinski definition) is 4. The molecule has 0 saturated carbocycles. The van der Waals surface area contributed by atoms with Gasteiger partial charge in [-0.15, -0.1) is 0 Å². The van der Waals surface area contributed by atoms with Gasteiger partial charge in [0, 0.05) is 0 Å². The van der Waals surface area contributed by atoms with Gasteiger partial charge in [-0.1, -0.05) is 72.8 Å². The molecule has 186 valence electrons. The number of fused-ring (bicyclic) bond motifs is 2. The van der Waals surface area contributed by atoms with Crippen LogP contribution in [0.25, 0.3) is 11.1 Å². The van der Waals surface area contributed by atoms with E-state index in [0.29, 0.717) is 33.4 Å². The highest BCUT2D eigenvalue weighted by Gasteiger charge is 2.40. The highest BCUT2D eigenvalue weighted by Crippen LogP contribution is 2.36. The second-order valence-corrected chi connectivity index (χ2v) is 9.65. The third-order valence-electron chi connectivity index (χ3n) is 7.51. The quantitative estimate of drug-likeness (QED) is 0.312. The first-order chi connectivity index (χ1) is 18.4. The minimum Gasteiger partial charge on any atom is -0.269 e. The SMILES string of the molecule is CC(c1ccccc1)N1C(=O)c2ccc(-c3ccc4c(c3)C(=O)N(C(C)c3ccccc3)C4=O)cc2C1=O. The highest BCUT2D eigenvalue weighted by atomic mass is 16.2. The molecule has 0 bridgehead atoms. The number of benzene rings is 4. The van der Waals surface area contributed by atoms with Crippen LogP contribution in [0.5, 0.6) is 0 Å². The van der Waals surface area contributed by atoms with Crippen LogP contribution < -0.4 is 0 Å². The van der Waals surface area contributed by atoms with Gasteiger partial charge >= 0.3 is 0 Å². The summed E-state index contributed by atoms with van der Waals surface area (Å²) in [6, 6.07) is 28.3. The van der Waals surface area contributed by atoms with Crippen LogP contribution >= 0.6 is 0 Å². The Morgan fingerprint density at radius 3 is 1.16 bits per heavy atom. The fraction of sp³-hybridized carbons (Fsp3) is 0.125. The van der Waals surface area contributed by atoms with Crippen LogP contribution in [0.15, 0.2) is 97.1 Å². The van der Waals surface area contributed by atoms with E-state index in [2.05, 4.69) is 0 Å². The number of imide groups is 2. The van der Waals surface area contributed by atoms with Gasteiger partial charge in [-0.25, -0.2) is 0 Å². The van der Waals surface area contributed by atoms with Crippen LogP contribution in [0.1, 0.15) is 78.5 Å². The van der Waals surface area contributed by atoms with Crippen LogP contribution in [-0.2, 0) is 0 Å². The van der Waals surface area contributed by atoms with E-state index in [1.54, 1.807) is 36.4 Å². The molecule has 2 unspecified atom stereocenters. The maximum Gasteiger partial charge on any atom is 0.262 e. The smallest absolute Gasteiger partial charge is 0.262 e. The molecule has 4 aromatic carbocycles. The molecule has 0 fully saturated rings. The number of nitrogens with zero attached hydrogens (tertiary/aromatic N) is 2. The van der Waals surface area contributed by atoms with Crippen LogP contribution in [0, 0.1) is 0 Å². The first-order valence-electron chi connectivity index (χ1n) is 12.5. The van der Waals surface area contributed by atoms with Crippen LogP contribution in [0.2, 0.25) is 0 Å². The molecule has 2 aliphatic heterocycles. The zero-order valence-corrected chi connectivity index (χ0v) is 20.9. The number of hydrogen-bond donors (Lipinski definition) is 0. The molecular weight excluding hydrogens is 476 g/mol. The Morgan fingerprint density at radius 1 is 0.447 bits per heavy atom. The van der Waals surface area contributed by atoms with E-state index in [4.69, 9.17) is 0 Å². The van der Waals surface area contributed by atoms with Gasteiger partial charge in [-0.2, -0.15) is 0 Å². The Labute approximate surface area is 220 Å². The molecule has 0 saturated heterocycles. The van der Waals surface area contributed by atoms with Gasteiger partial charge in [0.2, 0.25) is 0 Å². The average Bonchev–Trinajstić information content (AvgIpc) is 3.36. The minimum atomic E-state index is -0.409. The topological polar surface area (TPSA) is 74.8 Å². The third-order valence-corrected chi connectivity index (χ3v) is 7.51. The molecule has 0 N–H and O–H groups in total. The lowest BCUT2D eigenvalue weighted by molar-refractivity contribution is 0.0579. The lowest BCUT2D eigenvalue weighted by Gasteiger charge is -2.22. The summed E-state index contributed by atoms with van der Waals surface area (Å²) in [6.45, 7) is 3.67. The molecule has 0 radical (unpaired) electrons. The summed E-state index contributed by atoms with van der Waals surface area (Å²) in [5.41, 5.74) is 4.51. The molecule has 0 aliphatic carbocycles. The van der Waals surface area contributed by atoms with Crippen molar-refractivity contribution in [3.05, 3.63) is 130 Å². The van der Waals surface area contributed by atoms with Gasteiger partial charge in [0.1, 0.15) is 0 Å². The third kappa shape index (κ3) is 3.57. The molecule has 0 aromatic heterocycles. The summed E-state index contributed by atoms with van der Waals surface area (Å²) >= 11 is 0. The van der Waals surface area contributed by atoms with Gasteiger partial charge in [0.15, 0.2) is 0 Å². The van der Waals surface area contributed by atoms with Gasteiger partial charge < -0.3 is 0 Å². The molecule has 6 nitrogen and oxygen atoms in total. The highest BCUT2D eigenvalue weighted by molar-refractivity contribution is 6.23. The molecule has 6 rings (SSSR count). The first kappa shape index (κ1) is 23.6. The summed E-state index contributed by atoms with van der Waals surface area (Å²) in [6.07, 6.45) is 0. The average molecular weight is 501 g/mol. The van der Waals surface area contributed by atoms with Crippen molar-refractivity contribution in [3.63, 3.8) is 0 Å². The minimum absolute atomic E-state index is 0.326. The standard InChI is InChI=1S/C32H24N2O4/c1-19(21-9-5-3-6-10-21)33-29(35)25-15-13-23(17-27(25)31(33)37)24-14-16-26-28(18-24)32(38)34(30(26)36)20(2)22-11-7-4-8-12-22/h3-20H,1-2H3. The van der Waals surface area contributed by atoms with Crippen LogP contribution in [0.3, 0.4) is 0 Å².